The van der Waals surface area contributed by atoms with E-state index in [1.54, 1.807) is 7.05 Å². The van der Waals surface area contributed by atoms with Gasteiger partial charge in [0.2, 0.25) is 0 Å². The summed E-state index contributed by atoms with van der Waals surface area (Å²) in [6, 6.07) is 0.292. The molecule has 3 fully saturated rings. The Balaban J connectivity index is 0.00000243. The lowest BCUT2D eigenvalue weighted by Gasteiger charge is -2.55. The second-order valence-corrected chi connectivity index (χ2v) is 8.41. The van der Waals surface area contributed by atoms with Crippen LogP contribution in [0.1, 0.15) is 46.0 Å². The maximum atomic E-state index is 12.9. The van der Waals surface area contributed by atoms with Crippen LogP contribution in [0.25, 0.3) is 0 Å². The number of fused-ring (bicyclic) bond motifs is 1. The van der Waals surface area contributed by atoms with Crippen LogP contribution >= 0.6 is 24.0 Å². The highest BCUT2D eigenvalue weighted by Gasteiger charge is 2.59. The summed E-state index contributed by atoms with van der Waals surface area (Å²) in [6.45, 7) is 5.74. The standard InChI is InChI=1S/C18H30F3N3O.HI/c1-17(2)14(13-7-8-25-15(13)17)24-16(22-3)23-10-11-5-4-6-12(9-11)18(19,20)21;/h11-15H,4-10H2,1-3H3,(H2,22,23,24);1H. The van der Waals surface area contributed by atoms with E-state index < -0.39 is 12.1 Å². The van der Waals surface area contributed by atoms with Crippen LogP contribution in [0.2, 0.25) is 0 Å². The largest absolute Gasteiger partial charge is 0.391 e. The molecule has 0 bridgehead atoms. The molecule has 5 atom stereocenters. The lowest BCUT2D eigenvalue weighted by molar-refractivity contribution is -0.185. The number of halogens is 4. The molecule has 5 unspecified atom stereocenters. The van der Waals surface area contributed by atoms with E-state index in [4.69, 9.17) is 4.74 Å². The summed E-state index contributed by atoms with van der Waals surface area (Å²) in [5.74, 6) is 0.0938. The molecule has 8 heteroatoms. The van der Waals surface area contributed by atoms with E-state index in [0.29, 0.717) is 37.0 Å². The molecule has 1 saturated heterocycles. The lowest BCUT2D eigenvalue weighted by atomic mass is 9.57. The summed E-state index contributed by atoms with van der Waals surface area (Å²) in [6.07, 6.45) is -0.713. The molecule has 4 nitrogen and oxygen atoms in total. The van der Waals surface area contributed by atoms with Gasteiger partial charge in [0.25, 0.3) is 0 Å². The van der Waals surface area contributed by atoms with Crippen molar-refractivity contribution in [1.82, 2.24) is 10.6 Å². The van der Waals surface area contributed by atoms with Crippen molar-refractivity contribution in [2.75, 3.05) is 20.2 Å². The van der Waals surface area contributed by atoms with Crippen molar-refractivity contribution in [1.29, 1.82) is 0 Å². The van der Waals surface area contributed by atoms with Crippen molar-refractivity contribution in [3.05, 3.63) is 0 Å². The Morgan fingerprint density at radius 1 is 1.23 bits per heavy atom. The van der Waals surface area contributed by atoms with Crippen LogP contribution in [0.3, 0.4) is 0 Å². The van der Waals surface area contributed by atoms with Crippen molar-refractivity contribution in [3.8, 4) is 0 Å². The smallest absolute Gasteiger partial charge is 0.377 e. The normalized spacial score (nSPS) is 36.5. The zero-order valence-corrected chi connectivity index (χ0v) is 18.1. The average molecular weight is 489 g/mol. The van der Waals surface area contributed by atoms with Gasteiger partial charge in [0.15, 0.2) is 5.96 Å². The fourth-order valence-electron chi connectivity index (χ4n) is 4.97. The van der Waals surface area contributed by atoms with Gasteiger partial charge in [-0.25, -0.2) is 0 Å². The Morgan fingerprint density at radius 2 is 1.96 bits per heavy atom. The van der Waals surface area contributed by atoms with Gasteiger partial charge >= 0.3 is 6.18 Å². The minimum Gasteiger partial charge on any atom is -0.377 e. The van der Waals surface area contributed by atoms with E-state index in [9.17, 15) is 13.2 Å². The quantitative estimate of drug-likeness (QED) is 0.359. The molecule has 0 aromatic heterocycles. The third-order valence-electron chi connectivity index (χ3n) is 6.42. The Hall–Kier alpha value is -0.250. The monoisotopic (exact) mass is 489 g/mol. The molecular weight excluding hydrogens is 458 g/mol. The first-order valence-corrected chi connectivity index (χ1v) is 9.39. The molecule has 2 saturated carbocycles. The van der Waals surface area contributed by atoms with E-state index in [0.717, 1.165) is 19.4 Å². The second kappa shape index (κ2) is 8.41. The summed E-state index contributed by atoms with van der Waals surface area (Å²) in [4.78, 5) is 4.27. The lowest BCUT2D eigenvalue weighted by Crippen LogP contribution is -2.68. The minimum atomic E-state index is -4.06. The van der Waals surface area contributed by atoms with Gasteiger partial charge in [-0.2, -0.15) is 13.2 Å². The van der Waals surface area contributed by atoms with Crippen LogP contribution in [0, 0.1) is 23.2 Å². The van der Waals surface area contributed by atoms with Gasteiger partial charge in [-0.1, -0.05) is 20.3 Å². The predicted octanol–water partition coefficient (Wildman–Crippen LogP) is 3.95. The van der Waals surface area contributed by atoms with Crippen molar-refractivity contribution in [2.24, 2.45) is 28.2 Å². The number of nitrogens with one attached hydrogen (secondary N) is 2. The third kappa shape index (κ3) is 4.42. The molecule has 26 heavy (non-hydrogen) atoms. The number of ether oxygens (including phenoxy) is 1. The van der Waals surface area contributed by atoms with E-state index in [1.165, 1.54) is 0 Å². The van der Waals surface area contributed by atoms with Crippen LogP contribution in [0.4, 0.5) is 13.2 Å². The fraction of sp³-hybridized carbons (Fsp3) is 0.944. The molecule has 3 aliphatic rings. The molecule has 3 rings (SSSR count). The molecule has 0 aromatic carbocycles. The number of hydrogen-bond donors (Lipinski definition) is 2. The van der Waals surface area contributed by atoms with Crippen LogP contribution in [-0.2, 0) is 4.74 Å². The second-order valence-electron chi connectivity index (χ2n) is 8.41. The topological polar surface area (TPSA) is 45.7 Å². The zero-order valence-electron chi connectivity index (χ0n) is 15.7. The Labute approximate surface area is 171 Å². The molecule has 2 aliphatic carbocycles. The minimum absolute atomic E-state index is 0. The molecule has 1 heterocycles. The molecule has 0 radical (unpaired) electrons. The summed E-state index contributed by atoms with van der Waals surface area (Å²) in [5.41, 5.74) is 0.0466. The summed E-state index contributed by atoms with van der Waals surface area (Å²) >= 11 is 0. The van der Waals surface area contributed by atoms with Crippen LogP contribution in [0.5, 0.6) is 0 Å². The SMILES string of the molecule is CN=C(NCC1CCCC(C(F)(F)F)C1)NC1C2CCOC2C1(C)C.I. The number of hydrogen-bond acceptors (Lipinski definition) is 2. The summed E-state index contributed by atoms with van der Waals surface area (Å²) < 4.78 is 44.6. The zero-order chi connectivity index (χ0) is 18.2. The van der Waals surface area contributed by atoms with Crippen molar-refractivity contribution in [2.45, 2.75) is 64.3 Å². The van der Waals surface area contributed by atoms with Gasteiger partial charge in [-0.05, 0) is 31.6 Å². The number of alkyl halides is 3. The van der Waals surface area contributed by atoms with Gasteiger partial charge in [0, 0.05) is 37.6 Å². The van der Waals surface area contributed by atoms with Crippen LogP contribution in [-0.4, -0.2) is 44.5 Å². The average Bonchev–Trinajstić information content (AvgIpc) is 3.01. The van der Waals surface area contributed by atoms with E-state index in [1.807, 2.05) is 0 Å². The first-order chi connectivity index (χ1) is 11.7. The van der Waals surface area contributed by atoms with Crippen LogP contribution in [0.15, 0.2) is 4.99 Å². The summed E-state index contributed by atoms with van der Waals surface area (Å²) in [5, 5.41) is 6.74. The molecule has 2 N–H and O–H groups in total. The first-order valence-electron chi connectivity index (χ1n) is 9.39. The molecule has 0 amide bonds. The molecule has 0 spiro atoms. The van der Waals surface area contributed by atoms with E-state index in [2.05, 4.69) is 29.5 Å². The van der Waals surface area contributed by atoms with Crippen LogP contribution < -0.4 is 10.6 Å². The maximum Gasteiger partial charge on any atom is 0.391 e. The highest BCUT2D eigenvalue weighted by molar-refractivity contribution is 14.0. The van der Waals surface area contributed by atoms with Crippen molar-refractivity contribution < 1.29 is 17.9 Å². The van der Waals surface area contributed by atoms with Gasteiger partial charge < -0.3 is 15.4 Å². The van der Waals surface area contributed by atoms with Gasteiger partial charge in [0.1, 0.15) is 0 Å². The highest BCUT2D eigenvalue weighted by atomic mass is 127. The molecular formula is C18H31F3IN3O. The third-order valence-corrected chi connectivity index (χ3v) is 6.42. The predicted molar refractivity (Wildman–Crippen MR) is 107 cm³/mol. The van der Waals surface area contributed by atoms with Crippen molar-refractivity contribution in [3.63, 3.8) is 0 Å². The molecule has 152 valence electrons. The number of guanidine groups is 1. The summed E-state index contributed by atoms with van der Waals surface area (Å²) in [7, 11) is 1.71. The van der Waals surface area contributed by atoms with E-state index in [-0.39, 0.29) is 48.2 Å². The molecule has 1 aliphatic heterocycles. The Kier molecular flexibility index (Phi) is 7.13. The van der Waals surface area contributed by atoms with Gasteiger partial charge in [-0.15, -0.1) is 24.0 Å². The van der Waals surface area contributed by atoms with Gasteiger partial charge in [0.05, 0.1) is 12.0 Å². The van der Waals surface area contributed by atoms with E-state index >= 15 is 0 Å². The van der Waals surface area contributed by atoms with Crippen molar-refractivity contribution >= 4 is 29.9 Å². The first kappa shape index (κ1) is 22.0. The fourth-order valence-corrected chi connectivity index (χ4v) is 4.97. The number of nitrogens with zero attached hydrogens (tertiary/aromatic N) is 1. The Bertz CT molecular complexity index is 512. The van der Waals surface area contributed by atoms with Gasteiger partial charge in [-0.3, -0.25) is 4.99 Å². The highest BCUT2D eigenvalue weighted by Crippen LogP contribution is 2.52. The number of aliphatic imine (C=N–C) groups is 1. The molecule has 0 aromatic rings. The maximum absolute atomic E-state index is 12.9. The number of rotatable bonds is 3. The Morgan fingerprint density at radius 3 is 2.62 bits per heavy atom.